The summed E-state index contributed by atoms with van der Waals surface area (Å²) in [5.41, 5.74) is 1.39. The van der Waals surface area contributed by atoms with Gasteiger partial charge >= 0.3 is 7.12 Å². The SMILES string of the molecule is OB(O)c1ccc(-c2ncc[nH]2)cc1. The van der Waals surface area contributed by atoms with Crippen LogP contribution in [0.4, 0.5) is 0 Å². The summed E-state index contributed by atoms with van der Waals surface area (Å²) in [7, 11) is -1.42. The topological polar surface area (TPSA) is 69.1 Å². The number of nitrogens with one attached hydrogen (secondary N) is 1. The summed E-state index contributed by atoms with van der Waals surface area (Å²) in [6, 6.07) is 6.88. The number of hydrogen-bond acceptors (Lipinski definition) is 3. The molecule has 0 saturated carbocycles. The van der Waals surface area contributed by atoms with Crippen LogP contribution in [0.3, 0.4) is 0 Å². The molecule has 4 nitrogen and oxygen atoms in total. The number of hydrogen-bond donors (Lipinski definition) is 3. The van der Waals surface area contributed by atoms with Crippen LogP contribution in [0, 0.1) is 0 Å². The van der Waals surface area contributed by atoms with Crippen molar-refractivity contribution in [1.29, 1.82) is 0 Å². The highest BCUT2D eigenvalue weighted by Gasteiger charge is 2.10. The summed E-state index contributed by atoms with van der Waals surface area (Å²) in [6.07, 6.45) is 3.41. The van der Waals surface area contributed by atoms with Crippen molar-refractivity contribution in [2.45, 2.75) is 0 Å². The summed E-state index contributed by atoms with van der Waals surface area (Å²) in [6.45, 7) is 0. The molecule has 0 spiro atoms. The van der Waals surface area contributed by atoms with Crippen LogP contribution in [0.15, 0.2) is 36.7 Å². The zero-order valence-corrected chi connectivity index (χ0v) is 7.38. The summed E-state index contributed by atoms with van der Waals surface area (Å²) in [5, 5.41) is 17.8. The van der Waals surface area contributed by atoms with Gasteiger partial charge in [0.05, 0.1) is 0 Å². The van der Waals surface area contributed by atoms with Crippen LogP contribution in [0.1, 0.15) is 0 Å². The average Bonchev–Trinajstić information content (AvgIpc) is 2.71. The molecular formula is C9H9BN2O2. The Hall–Kier alpha value is -1.59. The van der Waals surface area contributed by atoms with E-state index in [1.54, 1.807) is 36.7 Å². The van der Waals surface area contributed by atoms with Crippen molar-refractivity contribution < 1.29 is 10.0 Å². The molecule has 0 radical (unpaired) electrons. The van der Waals surface area contributed by atoms with Gasteiger partial charge in [0.15, 0.2) is 0 Å². The van der Waals surface area contributed by atoms with E-state index < -0.39 is 7.12 Å². The van der Waals surface area contributed by atoms with Gasteiger partial charge in [-0.2, -0.15) is 0 Å². The van der Waals surface area contributed by atoms with Crippen molar-refractivity contribution in [3.8, 4) is 11.4 Å². The zero-order valence-electron chi connectivity index (χ0n) is 7.38. The third kappa shape index (κ3) is 1.68. The Morgan fingerprint density at radius 3 is 2.36 bits per heavy atom. The number of rotatable bonds is 2. The molecule has 0 amide bonds. The molecular weight excluding hydrogens is 179 g/mol. The van der Waals surface area contributed by atoms with Crippen LogP contribution in [0.5, 0.6) is 0 Å². The monoisotopic (exact) mass is 188 g/mol. The molecule has 2 aromatic rings. The van der Waals surface area contributed by atoms with Gasteiger partial charge in [0.1, 0.15) is 5.82 Å². The lowest BCUT2D eigenvalue weighted by atomic mass is 9.80. The first-order valence-corrected chi connectivity index (χ1v) is 4.23. The van der Waals surface area contributed by atoms with Gasteiger partial charge in [-0.25, -0.2) is 4.98 Å². The first kappa shape index (κ1) is 8.99. The normalized spacial score (nSPS) is 10.1. The fraction of sp³-hybridized carbons (Fsp3) is 0. The van der Waals surface area contributed by atoms with Gasteiger partial charge in [-0.15, -0.1) is 0 Å². The van der Waals surface area contributed by atoms with E-state index >= 15 is 0 Å². The molecule has 1 aromatic heterocycles. The fourth-order valence-electron chi connectivity index (χ4n) is 1.24. The number of H-pyrrole nitrogens is 1. The molecule has 0 saturated heterocycles. The van der Waals surface area contributed by atoms with Gasteiger partial charge in [-0.1, -0.05) is 24.3 Å². The van der Waals surface area contributed by atoms with E-state index in [4.69, 9.17) is 10.0 Å². The van der Waals surface area contributed by atoms with Gasteiger partial charge in [-0.05, 0) is 5.46 Å². The highest BCUT2D eigenvalue weighted by Crippen LogP contribution is 2.11. The van der Waals surface area contributed by atoms with Crippen molar-refractivity contribution in [3.63, 3.8) is 0 Å². The predicted octanol–water partition coefficient (Wildman–Crippen LogP) is -0.244. The van der Waals surface area contributed by atoms with Crippen molar-refractivity contribution in [2.24, 2.45) is 0 Å². The third-order valence-electron chi connectivity index (χ3n) is 1.98. The minimum absolute atomic E-state index is 0.473. The van der Waals surface area contributed by atoms with E-state index in [2.05, 4.69) is 9.97 Å². The van der Waals surface area contributed by atoms with Crippen molar-refractivity contribution >= 4 is 12.6 Å². The summed E-state index contributed by atoms with van der Waals surface area (Å²) in [4.78, 5) is 7.05. The lowest BCUT2D eigenvalue weighted by Crippen LogP contribution is -2.29. The summed E-state index contributed by atoms with van der Waals surface area (Å²) >= 11 is 0. The Morgan fingerprint density at radius 1 is 1.14 bits per heavy atom. The Labute approximate surface area is 81.4 Å². The largest absolute Gasteiger partial charge is 0.488 e. The van der Waals surface area contributed by atoms with Crippen LogP contribution in [0.25, 0.3) is 11.4 Å². The quantitative estimate of drug-likeness (QED) is 0.569. The molecule has 2 rings (SSSR count). The smallest absolute Gasteiger partial charge is 0.423 e. The van der Waals surface area contributed by atoms with Crippen LogP contribution in [-0.2, 0) is 0 Å². The Balaban J connectivity index is 2.31. The van der Waals surface area contributed by atoms with E-state index in [-0.39, 0.29) is 0 Å². The second kappa shape index (κ2) is 3.65. The molecule has 14 heavy (non-hydrogen) atoms. The standard InChI is InChI=1S/C9H9BN2O2/c13-10(14)8-3-1-7(2-4-8)9-11-5-6-12-9/h1-6,13-14H,(H,11,12). The average molecular weight is 188 g/mol. The first-order valence-electron chi connectivity index (χ1n) is 4.23. The molecule has 3 N–H and O–H groups in total. The van der Waals surface area contributed by atoms with Gasteiger partial charge in [0.25, 0.3) is 0 Å². The Kier molecular flexibility index (Phi) is 2.34. The molecule has 0 fully saturated rings. The molecule has 0 unspecified atom stereocenters. The van der Waals surface area contributed by atoms with Crippen LogP contribution in [-0.4, -0.2) is 27.1 Å². The molecule has 70 valence electrons. The van der Waals surface area contributed by atoms with Gasteiger partial charge < -0.3 is 15.0 Å². The molecule has 5 heteroatoms. The van der Waals surface area contributed by atoms with E-state index in [1.165, 1.54) is 0 Å². The van der Waals surface area contributed by atoms with E-state index in [0.29, 0.717) is 5.46 Å². The maximum Gasteiger partial charge on any atom is 0.488 e. The van der Waals surface area contributed by atoms with E-state index in [1.807, 2.05) is 0 Å². The van der Waals surface area contributed by atoms with Gasteiger partial charge in [0, 0.05) is 18.0 Å². The van der Waals surface area contributed by atoms with Crippen molar-refractivity contribution in [2.75, 3.05) is 0 Å². The van der Waals surface area contributed by atoms with Crippen LogP contribution >= 0.6 is 0 Å². The second-order valence-electron chi connectivity index (χ2n) is 2.93. The highest BCUT2D eigenvalue weighted by molar-refractivity contribution is 6.58. The first-order chi connectivity index (χ1) is 6.77. The summed E-state index contributed by atoms with van der Waals surface area (Å²) < 4.78 is 0. The maximum absolute atomic E-state index is 8.88. The molecule has 1 aromatic carbocycles. The van der Waals surface area contributed by atoms with E-state index in [9.17, 15) is 0 Å². The van der Waals surface area contributed by atoms with Crippen molar-refractivity contribution in [3.05, 3.63) is 36.7 Å². The Morgan fingerprint density at radius 2 is 1.86 bits per heavy atom. The number of nitrogens with zero attached hydrogens (tertiary/aromatic N) is 1. The zero-order chi connectivity index (χ0) is 9.97. The maximum atomic E-state index is 8.88. The van der Waals surface area contributed by atoms with Crippen LogP contribution in [0.2, 0.25) is 0 Å². The van der Waals surface area contributed by atoms with Crippen LogP contribution < -0.4 is 5.46 Å². The highest BCUT2D eigenvalue weighted by atomic mass is 16.4. The molecule has 0 aliphatic carbocycles. The minimum atomic E-state index is -1.42. The Bertz CT molecular complexity index is 397. The molecule has 0 bridgehead atoms. The predicted molar refractivity (Wildman–Crippen MR) is 53.8 cm³/mol. The molecule has 0 aliphatic rings. The van der Waals surface area contributed by atoms with Gasteiger partial charge in [0.2, 0.25) is 0 Å². The van der Waals surface area contributed by atoms with E-state index in [0.717, 1.165) is 11.4 Å². The summed E-state index contributed by atoms with van der Waals surface area (Å²) in [5.74, 6) is 0.768. The lowest BCUT2D eigenvalue weighted by Gasteiger charge is -2.00. The second-order valence-corrected chi connectivity index (χ2v) is 2.93. The van der Waals surface area contributed by atoms with Crippen molar-refractivity contribution in [1.82, 2.24) is 9.97 Å². The number of aromatic amines is 1. The number of imidazole rings is 1. The molecule has 0 aliphatic heterocycles. The number of benzene rings is 1. The fourth-order valence-corrected chi connectivity index (χ4v) is 1.24. The van der Waals surface area contributed by atoms with Gasteiger partial charge in [-0.3, -0.25) is 0 Å². The molecule has 1 heterocycles. The molecule has 0 atom stereocenters. The minimum Gasteiger partial charge on any atom is -0.423 e. The third-order valence-corrected chi connectivity index (χ3v) is 1.98. The lowest BCUT2D eigenvalue weighted by molar-refractivity contribution is 0.426. The number of aromatic nitrogens is 2.